The minimum Gasteiger partial charge on any atom is -0.455 e. The molecule has 0 N–H and O–H groups in total. The molecule has 13 rings (SSSR count). The quantitative estimate of drug-likeness (QED) is 0.167. The van der Waals surface area contributed by atoms with Gasteiger partial charge in [0.2, 0.25) is 0 Å². The number of hydrogen-bond donors (Lipinski definition) is 0. The molecule has 0 radical (unpaired) electrons. The molecule has 0 saturated carbocycles. The van der Waals surface area contributed by atoms with E-state index in [0.29, 0.717) is 17.5 Å². The third kappa shape index (κ3) is 6.06. The van der Waals surface area contributed by atoms with E-state index in [2.05, 4.69) is 170 Å². The first-order valence-corrected chi connectivity index (χ1v) is 22.6. The van der Waals surface area contributed by atoms with Gasteiger partial charge in [-0.3, -0.25) is 0 Å². The summed E-state index contributed by atoms with van der Waals surface area (Å²) in [4.78, 5) is 15.6. The molecule has 0 bridgehead atoms. The van der Waals surface area contributed by atoms with E-state index in [0.717, 1.165) is 72.0 Å². The van der Waals surface area contributed by atoms with Crippen molar-refractivity contribution in [2.24, 2.45) is 0 Å². The predicted molar refractivity (Wildman–Crippen MR) is 265 cm³/mol. The molecule has 4 heterocycles. The van der Waals surface area contributed by atoms with Crippen LogP contribution in [0.5, 0.6) is 0 Å². The molecule has 9 aromatic carbocycles. The Morgan fingerprint density at radius 3 is 1.57 bits per heavy atom. The molecule has 0 spiro atoms. The Morgan fingerprint density at radius 2 is 0.841 bits per heavy atom. The smallest absolute Gasteiger partial charge is 0.164 e. The first kappa shape index (κ1) is 35.9. The molecule has 0 unspecified atom stereocenters. The molecule has 4 nitrogen and oxygen atoms in total. The van der Waals surface area contributed by atoms with Gasteiger partial charge >= 0.3 is 0 Å². The fourth-order valence-corrected chi connectivity index (χ4v) is 11.4. The Hall–Kier alpha value is -7.77. The number of furan rings is 1. The van der Waals surface area contributed by atoms with Gasteiger partial charge in [0, 0.05) is 73.4 Å². The van der Waals surface area contributed by atoms with Crippen LogP contribution in [0.15, 0.2) is 205 Å². The molecule has 13 aromatic rings. The monoisotopic (exact) mass is 839 g/mol. The van der Waals surface area contributed by atoms with Crippen molar-refractivity contribution in [3.8, 4) is 67.5 Å². The maximum atomic E-state index is 7.00. The van der Waals surface area contributed by atoms with Crippen LogP contribution < -0.4 is 0 Å². The standard InChI is InChI=1S/C57H33N3OS2/c1-3-13-34(14-4-1)36-17-11-18-39(29-36)56-58-55(35-15-5-2-6-16-35)59-57(60-56)45-21-12-22-48-53(45)47-31-40(37-25-27-43-41-19-7-9-23-49(41)62-51(43)32-37)30-46(54(47)61-48)38-26-28-44-42-20-8-10-24-50(42)63-52(44)33-38/h1-33H. The molecule has 0 saturated heterocycles. The normalized spacial score (nSPS) is 11.8. The highest BCUT2D eigenvalue weighted by molar-refractivity contribution is 7.26. The van der Waals surface area contributed by atoms with E-state index < -0.39 is 0 Å². The van der Waals surface area contributed by atoms with Gasteiger partial charge in [0.05, 0.1) is 0 Å². The molecule has 0 aliphatic rings. The molecule has 6 heteroatoms. The first-order chi connectivity index (χ1) is 31.2. The molecular weight excluding hydrogens is 807 g/mol. The third-order valence-electron chi connectivity index (χ3n) is 12.1. The van der Waals surface area contributed by atoms with Crippen LogP contribution in [0.2, 0.25) is 0 Å². The van der Waals surface area contributed by atoms with Crippen LogP contribution >= 0.6 is 22.7 Å². The fourth-order valence-electron chi connectivity index (χ4n) is 9.11. The van der Waals surface area contributed by atoms with Gasteiger partial charge in [-0.1, -0.05) is 152 Å². The van der Waals surface area contributed by atoms with Crippen LogP contribution in [0.4, 0.5) is 0 Å². The lowest BCUT2D eigenvalue weighted by molar-refractivity contribution is 0.670. The molecule has 0 amide bonds. The maximum Gasteiger partial charge on any atom is 0.164 e. The largest absolute Gasteiger partial charge is 0.455 e. The minimum atomic E-state index is 0.586. The molecule has 294 valence electrons. The Kier molecular flexibility index (Phi) is 8.22. The number of rotatable bonds is 6. The Bertz CT molecular complexity index is 3920. The zero-order valence-corrected chi connectivity index (χ0v) is 35.3. The van der Waals surface area contributed by atoms with Crippen LogP contribution in [-0.2, 0) is 0 Å². The van der Waals surface area contributed by atoms with Crippen LogP contribution in [0.1, 0.15) is 0 Å². The van der Waals surface area contributed by atoms with Crippen LogP contribution in [0.25, 0.3) is 130 Å². The summed E-state index contributed by atoms with van der Waals surface area (Å²) in [6.45, 7) is 0. The van der Waals surface area contributed by atoms with Crippen molar-refractivity contribution >= 4 is 85.0 Å². The zero-order chi connectivity index (χ0) is 41.4. The van der Waals surface area contributed by atoms with Gasteiger partial charge in [0.1, 0.15) is 11.2 Å². The van der Waals surface area contributed by atoms with Crippen LogP contribution in [-0.4, -0.2) is 15.0 Å². The van der Waals surface area contributed by atoms with Gasteiger partial charge < -0.3 is 4.42 Å². The lowest BCUT2D eigenvalue weighted by Crippen LogP contribution is -2.00. The molecule has 0 aliphatic carbocycles. The average molecular weight is 840 g/mol. The van der Waals surface area contributed by atoms with Crippen molar-refractivity contribution in [3.05, 3.63) is 200 Å². The lowest BCUT2D eigenvalue weighted by atomic mass is 9.94. The molecular formula is C57H33N3OS2. The van der Waals surface area contributed by atoms with E-state index >= 15 is 0 Å². The van der Waals surface area contributed by atoms with Gasteiger partial charge in [-0.25, -0.2) is 15.0 Å². The number of thiophene rings is 2. The van der Waals surface area contributed by atoms with Crippen molar-refractivity contribution in [1.29, 1.82) is 0 Å². The lowest BCUT2D eigenvalue weighted by Gasteiger charge is -2.11. The molecule has 0 fully saturated rings. The van der Waals surface area contributed by atoms with E-state index in [1.165, 1.54) is 40.3 Å². The molecule has 0 aliphatic heterocycles. The van der Waals surface area contributed by atoms with E-state index in [1.807, 2.05) is 53.0 Å². The van der Waals surface area contributed by atoms with Crippen molar-refractivity contribution in [2.45, 2.75) is 0 Å². The van der Waals surface area contributed by atoms with E-state index in [9.17, 15) is 0 Å². The minimum absolute atomic E-state index is 0.586. The molecule has 4 aromatic heterocycles. The van der Waals surface area contributed by atoms with E-state index in [4.69, 9.17) is 19.4 Å². The highest BCUT2D eigenvalue weighted by Gasteiger charge is 2.22. The average Bonchev–Trinajstić information content (AvgIpc) is 4.05. The topological polar surface area (TPSA) is 51.8 Å². The zero-order valence-electron chi connectivity index (χ0n) is 33.6. The van der Waals surface area contributed by atoms with Crippen LogP contribution in [0, 0.1) is 0 Å². The van der Waals surface area contributed by atoms with Crippen LogP contribution in [0.3, 0.4) is 0 Å². The summed E-state index contributed by atoms with van der Waals surface area (Å²) >= 11 is 3.67. The van der Waals surface area contributed by atoms with E-state index in [1.54, 1.807) is 0 Å². The number of fused-ring (bicyclic) bond motifs is 9. The van der Waals surface area contributed by atoms with Gasteiger partial charge in [-0.15, -0.1) is 22.7 Å². The summed E-state index contributed by atoms with van der Waals surface area (Å²) in [5.74, 6) is 1.80. The van der Waals surface area contributed by atoms with Gasteiger partial charge in [-0.05, 0) is 76.3 Å². The third-order valence-corrected chi connectivity index (χ3v) is 14.4. The molecule has 0 atom stereocenters. The van der Waals surface area contributed by atoms with Gasteiger partial charge in [0.15, 0.2) is 17.5 Å². The van der Waals surface area contributed by atoms with Crippen molar-refractivity contribution in [2.75, 3.05) is 0 Å². The van der Waals surface area contributed by atoms with Gasteiger partial charge in [-0.2, -0.15) is 0 Å². The summed E-state index contributed by atoms with van der Waals surface area (Å²) in [6.07, 6.45) is 0. The van der Waals surface area contributed by atoms with E-state index in [-0.39, 0.29) is 0 Å². The Labute approximate surface area is 370 Å². The second kappa shape index (κ2) is 14.4. The highest BCUT2D eigenvalue weighted by Crippen LogP contribution is 2.45. The fraction of sp³-hybridized carbons (Fsp3) is 0. The Balaban J connectivity index is 1.06. The molecule has 63 heavy (non-hydrogen) atoms. The number of aromatic nitrogens is 3. The second-order valence-corrected chi connectivity index (χ2v) is 18.1. The second-order valence-electron chi connectivity index (χ2n) is 15.9. The summed E-state index contributed by atoms with van der Waals surface area (Å²) in [7, 11) is 0. The summed E-state index contributed by atoms with van der Waals surface area (Å²) in [5.41, 5.74) is 11.0. The van der Waals surface area contributed by atoms with Gasteiger partial charge in [0.25, 0.3) is 0 Å². The summed E-state index contributed by atoms with van der Waals surface area (Å²) < 4.78 is 12.1. The van der Waals surface area contributed by atoms with Crippen molar-refractivity contribution < 1.29 is 4.42 Å². The van der Waals surface area contributed by atoms with Crippen molar-refractivity contribution in [1.82, 2.24) is 15.0 Å². The predicted octanol–water partition coefficient (Wildman–Crippen LogP) is 16.5. The SMILES string of the molecule is c1ccc(-c2cccc(-c3nc(-c4ccccc4)nc(-c4cccc5oc6c(-c7ccc8c(c7)sc7ccccc78)cc(-c7ccc8c(c7)sc7ccccc78)cc6c45)n3)c2)cc1. The number of benzene rings is 9. The Morgan fingerprint density at radius 1 is 0.302 bits per heavy atom. The maximum absolute atomic E-state index is 7.00. The first-order valence-electron chi connectivity index (χ1n) is 21.0. The summed E-state index contributed by atoms with van der Waals surface area (Å²) in [5, 5.41) is 7.10. The van der Waals surface area contributed by atoms with Crippen molar-refractivity contribution in [3.63, 3.8) is 0 Å². The summed E-state index contributed by atoms with van der Waals surface area (Å²) in [6, 6.07) is 70.9. The number of nitrogens with zero attached hydrogens (tertiary/aromatic N) is 3. The highest BCUT2D eigenvalue weighted by atomic mass is 32.1. The number of hydrogen-bond acceptors (Lipinski definition) is 6.